The predicted molar refractivity (Wildman–Crippen MR) is 176 cm³/mol. The van der Waals surface area contributed by atoms with Gasteiger partial charge in [0.1, 0.15) is 6.61 Å². The number of aromatic nitrogens is 1. The summed E-state index contributed by atoms with van der Waals surface area (Å²) in [6.07, 6.45) is 10.7. The van der Waals surface area contributed by atoms with E-state index in [0.717, 1.165) is 79.5 Å². The fourth-order valence-corrected chi connectivity index (χ4v) is 6.85. The zero-order valence-corrected chi connectivity index (χ0v) is 27.5. The Kier molecular flexibility index (Phi) is 11.0. The minimum absolute atomic E-state index is 0.0130. The SMILES string of the molecule is C/C=c1/c2c(n(Cc3ccc(C(=O)COC4CCCCO4)cc3)/c1=C/C=C\COCCN1CCOCC1)CN1CC2C(=O)N(C)C1=O. The highest BCUT2D eigenvalue weighted by atomic mass is 16.7. The predicted octanol–water partition coefficient (Wildman–Crippen LogP) is 2.24. The average molecular weight is 647 g/mol. The van der Waals surface area contributed by atoms with Crippen LogP contribution in [0.3, 0.4) is 0 Å². The number of likely N-dealkylation sites (N-methyl/N-ethyl adjacent to an activating group) is 1. The van der Waals surface area contributed by atoms with Crippen molar-refractivity contribution in [2.24, 2.45) is 0 Å². The first-order valence-electron chi connectivity index (χ1n) is 16.8. The van der Waals surface area contributed by atoms with Gasteiger partial charge < -0.3 is 28.4 Å². The van der Waals surface area contributed by atoms with Gasteiger partial charge in [0.05, 0.1) is 38.9 Å². The van der Waals surface area contributed by atoms with E-state index in [2.05, 4.69) is 21.6 Å². The Morgan fingerprint density at radius 2 is 1.89 bits per heavy atom. The Labute approximate surface area is 276 Å². The number of ether oxygens (including phenoxy) is 4. The lowest BCUT2D eigenvalue weighted by molar-refractivity contribution is -0.155. The molecule has 0 aliphatic carbocycles. The van der Waals surface area contributed by atoms with E-state index in [9.17, 15) is 14.4 Å². The molecule has 252 valence electrons. The van der Waals surface area contributed by atoms with Crippen LogP contribution < -0.4 is 10.6 Å². The van der Waals surface area contributed by atoms with Crippen molar-refractivity contribution in [3.63, 3.8) is 0 Å². The normalized spacial score (nSPS) is 22.9. The molecule has 2 aromatic rings. The minimum Gasteiger partial charge on any atom is -0.379 e. The number of benzene rings is 1. The molecule has 5 heterocycles. The summed E-state index contributed by atoms with van der Waals surface area (Å²) in [6.45, 7) is 9.44. The molecule has 47 heavy (non-hydrogen) atoms. The molecule has 2 atom stereocenters. The molecule has 11 heteroatoms. The third kappa shape index (κ3) is 7.60. The number of carbonyl (C=O) groups is 3. The number of hydrogen-bond donors (Lipinski definition) is 0. The van der Waals surface area contributed by atoms with Crippen LogP contribution in [-0.2, 0) is 36.8 Å². The van der Waals surface area contributed by atoms with Crippen LogP contribution in [0.5, 0.6) is 0 Å². The Morgan fingerprint density at radius 1 is 1.09 bits per heavy atom. The van der Waals surface area contributed by atoms with Crippen LogP contribution >= 0.6 is 0 Å². The summed E-state index contributed by atoms with van der Waals surface area (Å²) in [7, 11) is 1.56. The quantitative estimate of drug-likeness (QED) is 0.256. The van der Waals surface area contributed by atoms with E-state index in [1.807, 2.05) is 43.3 Å². The minimum atomic E-state index is -0.415. The van der Waals surface area contributed by atoms with Gasteiger partial charge in [-0.15, -0.1) is 0 Å². The topological polar surface area (TPSA) is 103 Å². The molecule has 0 spiro atoms. The van der Waals surface area contributed by atoms with Crippen LogP contribution in [0.4, 0.5) is 4.79 Å². The second-order valence-corrected chi connectivity index (χ2v) is 12.5. The molecule has 0 saturated carbocycles. The van der Waals surface area contributed by atoms with Gasteiger partial charge in [0.15, 0.2) is 12.1 Å². The highest BCUT2D eigenvalue weighted by molar-refractivity contribution is 6.01. The number of carbonyl (C=O) groups excluding carboxylic acids is 3. The molecule has 6 rings (SSSR count). The molecule has 3 fully saturated rings. The number of morpholine rings is 1. The molecule has 0 radical (unpaired) electrons. The molecule has 0 N–H and O–H groups in total. The Morgan fingerprint density at radius 3 is 2.64 bits per heavy atom. The van der Waals surface area contributed by atoms with Crippen molar-refractivity contribution in [3.05, 3.63) is 69.4 Å². The molecule has 11 nitrogen and oxygen atoms in total. The maximum absolute atomic E-state index is 13.3. The molecule has 3 amide bonds. The van der Waals surface area contributed by atoms with Crippen LogP contribution in [0.2, 0.25) is 0 Å². The molecule has 4 aliphatic rings. The number of ketones is 1. The number of urea groups is 1. The van der Waals surface area contributed by atoms with Gasteiger partial charge in [0, 0.05) is 63.0 Å². The Hall–Kier alpha value is -3.61. The van der Waals surface area contributed by atoms with Gasteiger partial charge in [0.2, 0.25) is 5.91 Å². The summed E-state index contributed by atoms with van der Waals surface area (Å²) in [6, 6.07) is 7.33. The van der Waals surface area contributed by atoms with Crippen molar-refractivity contribution in [2.75, 3.05) is 72.9 Å². The van der Waals surface area contributed by atoms with Crippen LogP contribution in [0.25, 0.3) is 12.2 Å². The first-order valence-corrected chi connectivity index (χ1v) is 16.8. The number of Topliss-reactive ketones (excluding diaryl/α,β-unsaturated/α-hetero) is 1. The van der Waals surface area contributed by atoms with Gasteiger partial charge in [0.25, 0.3) is 0 Å². The van der Waals surface area contributed by atoms with Gasteiger partial charge in [-0.05, 0) is 48.6 Å². The van der Waals surface area contributed by atoms with Gasteiger partial charge >= 0.3 is 6.03 Å². The van der Waals surface area contributed by atoms with Gasteiger partial charge in [-0.3, -0.25) is 19.4 Å². The summed E-state index contributed by atoms with van der Waals surface area (Å²) < 4.78 is 24.8. The fourth-order valence-electron chi connectivity index (χ4n) is 6.85. The van der Waals surface area contributed by atoms with E-state index in [4.69, 9.17) is 18.9 Å². The standard InChI is InChI=1S/C36H46N4O7/c1-3-28-30(8-4-6-17-44-19-14-38-15-20-45-21-16-38)40(31-24-39-23-29(34(28)31)35(42)37(2)36(39)43)22-26-10-12-27(13-11-26)32(41)25-47-33-9-5-7-18-46-33/h3-4,6,8,10-13,29,33H,5,7,9,14-25H2,1-2H3/b6-4-,28-3+,30-8+. The largest absolute Gasteiger partial charge is 0.379 e. The van der Waals surface area contributed by atoms with Crippen LogP contribution in [-0.4, -0.2) is 116 Å². The van der Waals surface area contributed by atoms with Crippen LogP contribution in [0.1, 0.15) is 59.3 Å². The van der Waals surface area contributed by atoms with Crippen molar-refractivity contribution >= 4 is 29.9 Å². The molecule has 1 aromatic heterocycles. The Balaban J connectivity index is 1.22. The molecule has 2 bridgehead atoms. The monoisotopic (exact) mass is 646 g/mol. The Bertz CT molecular complexity index is 1590. The third-order valence-electron chi connectivity index (χ3n) is 9.48. The smallest absolute Gasteiger partial charge is 0.326 e. The summed E-state index contributed by atoms with van der Waals surface area (Å²) in [4.78, 5) is 44.5. The zero-order valence-electron chi connectivity index (χ0n) is 27.5. The molecule has 2 unspecified atom stereocenters. The van der Waals surface area contributed by atoms with Crippen molar-refractivity contribution < 1.29 is 33.3 Å². The van der Waals surface area contributed by atoms with Crippen molar-refractivity contribution in [2.45, 2.75) is 51.5 Å². The summed E-state index contributed by atoms with van der Waals surface area (Å²) >= 11 is 0. The summed E-state index contributed by atoms with van der Waals surface area (Å²) in [5, 5.41) is 1.98. The van der Waals surface area contributed by atoms with E-state index in [0.29, 0.717) is 45.0 Å². The number of hydrogen-bond acceptors (Lipinski definition) is 8. The lowest BCUT2D eigenvalue weighted by Gasteiger charge is -2.41. The lowest BCUT2D eigenvalue weighted by atomic mass is 9.90. The second kappa shape index (κ2) is 15.5. The van der Waals surface area contributed by atoms with E-state index >= 15 is 0 Å². The van der Waals surface area contributed by atoms with E-state index in [1.165, 1.54) is 4.90 Å². The number of amides is 3. The van der Waals surface area contributed by atoms with E-state index in [-0.39, 0.29) is 30.6 Å². The first-order chi connectivity index (χ1) is 22.9. The number of rotatable bonds is 12. The third-order valence-corrected chi connectivity index (χ3v) is 9.48. The second-order valence-electron chi connectivity index (χ2n) is 12.5. The fraction of sp³-hybridized carbons (Fsp3) is 0.528. The van der Waals surface area contributed by atoms with Crippen molar-refractivity contribution in [1.82, 2.24) is 19.3 Å². The number of nitrogens with zero attached hydrogens (tertiary/aromatic N) is 4. The van der Waals surface area contributed by atoms with Gasteiger partial charge in [-0.25, -0.2) is 4.79 Å². The molecular weight excluding hydrogens is 600 g/mol. The van der Waals surface area contributed by atoms with Crippen molar-refractivity contribution in [3.8, 4) is 0 Å². The maximum atomic E-state index is 13.3. The number of allylic oxidation sites excluding steroid dienone is 1. The summed E-state index contributed by atoms with van der Waals surface area (Å²) in [5.74, 6) is -0.673. The molecule has 1 aromatic carbocycles. The van der Waals surface area contributed by atoms with E-state index in [1.54, 1.807) is 11.9 Å². The molecule has 3 saturated heterocycles. The molecule has 4 aliphatic heterocycles. The van der Waals surface area contributed by atoms with Gasteiger partial charge in [-0.1, -0.05) is 42.5 Å². The maximum Gasteiger partial charge on any atom is 0.326 e. The lowest BCUT2D eigenvalue weighted by Crippen LogP contribution is -2.56. The number of fused-ring (bicyclic) bond motifs is 4. The zero-order chi connectivity index (χ0) is 32.8. The first kappa shape index (κ1) is 33.3. The summed E-state index contributed by atoms with van der Waals surface area (Å²) in [5.41, 5.74) is 3.55. The average Bonchev–Trinajstić information content (AvgIpc) is 3.40. The van der Waals surface area contributed by atoms with Crippen LogP contribution in [0.15, 0.2) is 36.4 Å². The highest BCUT2D eigenvalue weighted by Crippen LogP contribution is 2.32. The molecular formula is C36H46N4O7. The van der Waals surface area contributed by atoms with Crippen molar-refractivity contribution in [1.29, 1.82) is 0 Å². The van der Waals surface area contributed by atoms with Gasteiger partial charge in [-0.2, -0.15) is 0 Å². The highest BCUT2D eigenvalue weighted by Gasteiger charge is 2.44. The number of imide groups is 1. The van der Waals surface area contributed by atoms with Crippen LogP contribution in [0, 0.1) is 0 Å². The van der Waals surface area contributed by atoms with E-state index < -0.39 is 5.92 Å².